The second kappa shape index (κ2) is 13.4. The molecule has 1 atom stereocenters. The summed E-state index contributed by atoms with van der Waals surface area (Å²) in [6, 6.07) is 3.64. The Labute approximate surface area is 185 Å². The number of nitrogens with one attached hydrogen (secondary N) is 2. The summed E-state index contributed by atoms with van der Waals surface area (Å²) < 4.78 is 16.7. The highest BCUT2D eigenvalue weighted by Gasteiger charge is 2.26. The van der Waals surface area contributed by atoms with Crippen molar-refractivity contribution in [2.75, 3.05) is 46.1 Å². The summed E-state index contributed by atoms with van der Waals surface area (Å²) in [5.74, 6) is 2.63. The van der Waals surface area contributed by atoms with Gasteiger partial charge in [0.05, 0.1) is 6.54 Å². The monoisotopic (exact) mass is 509 g/mol. The van der Waals surface area contributed by atoms with Gasteiger partial charge in [0.2, 0.25) is 0 Å². The predicted molar refractivity (Wildman–Crippen MR) is 121 cm³/mol. The number of guanidine groups is 1. The van der Waals surface area contributed by atoms with Gasteiger partial charge in [0.1, 0.15) is 17.1 Å². The van der Waals surface area contributed by atoms with Crippen LogP contribution in [-0.2, 0) is 15.1 Å². The minimum atomic E-state index is -1.14. The highest BCUT2D eigenvalue weighted by molar-refractivity contribution is 14.0. The summed E-state index contributed by atoms with van der Waals surface area (Å²) in [6.45, 7) is 10.6. The van der Waals surface area contributed by atoms with E-state index in [9.17, 15) is 5.11 Å². The number of aliphatic imine (C=N–C) groups is 1. The lowest BCUT2D eigenvalue weighted by Gasteiger charge is -2.21. The summed E-state index contributed by atoms with van der Waals surface area (Å²) in [5.41, 5.74) is -1.14. The lowest BCUT2D eigenvalue weighted by atomic mass is 10.0. The molecule has 0 bridgehead atoms. The average molecular weight is 509 g/mol. The highest BCUT2D eigenvalue weighted by Crippen LogP contribution is 2.23. The summed E-state index contributed by atoms with van der Waals surface area (Å²) in [4.78, 5) is 4.49. The quantitative estimate of drug-likeness (QED) is 0.195. The maximum atomic E-state index is 10.6. The van der Waals surface area contributed by atoms with E-state index in [1.54, 1.807) is 13.0 Å². The molecule has 7 nitrogen and oxygen atoms in total. The topological polar surface area (TPSA) is 88.3 Å². The Morgan fingerprint density at radius 1 is 1.32 bits per heavy atom. The molecular weight excluding hydrogens is 473 g/mol. The first-order valence-electron chi connectivity index (χ1n) is 9.98. The van der Waals surface area contributed by atoms with Crippen molar-refractivity contribution in [1.29, 1.82) is 0 Å². The minimum absolute atomic E-state index is 0. The van der Waals surface area contributed by atoms with E-state index >= 15 is 0 Å². The Morgan fingerprint density at radius 3 is 2.71 bits per heavy atom. The number of rotatable bonds is 10. The van der Waals surface area contributed by atoms with Gasteiger partial charge in [0.15, 0.2) is 5.96 Å². The highest BCUT2D eigenvalue weighted by atomic mass is 127. The first-order chi connectivity index (χ1) is 13.0. The number of hydrogen-bond acceptors (Lipinski definition) is 5. The van der Waals surface area contributed by atoms with Crippen molar-refractivity contribution in [3.8, 4) is 0 Å². The van der Waals surface area contributed by atoms with Gasteiger partial charge >= 0.3 is 0 Å². The van der Waals surface area contributed by atoms with Gasteiger partial charge in [-0.05, 0) is 58.1 Å². The molecule has 0 amide bonds. The Morgan fingerprint density at radius 2 is 2.07 bits per heavy atom. The minimum Gasteiger partial charge on any atom is -0.463 e. The molecule has 0 spiro atoms. The molecule has 1 aromatic rings. The standard InChI is InChI=1S/C20H35N3O4.HI/c1-4-21-19(23-15-20(3,24)18-7-6-16(2)27-18)22-10-5-11-26-14-17-8-12-25-13-9-17;/h6-7,17,24H,4-5,8-15H2,1-3H3,(H2,21,22,23);1H. The van der Waals surface area contributed by atoms with E-state index in [2.05, 4.69) is 15.6 Å². The van der Waals surface area contributed by atoms with E-state index in [-0.39, 0.29) is 30.5 Å². The van der Waals surface area contributed by atoms with Crippen molar-refractivity contribution in [3.05, 3.63) is 23.7 Å². The van der Waals surface area contributed by atoms with Crippen LogP contribution >= 0.6 is 24.0 Å². The van der Waals surface area contributed by atoms with Gasteiger partial charge in [-0.3, -0.25) is 0 Å². The summed E-state index contributed by atoms with van der Waals surface area (Å²) in [6.07, 6.45) is 3.11. The maximum Gasteiger partial charge on any atom is 0.191 e. The summed E-state index contributed by atoms with van der Waals surface area (Å²) >= 11 is 0. The smallest absolute Gasteiger partial charge is 0.191 e. The third kappa shape index (κ3) is 9.11. The van der Waals surface area contributed by atoms with Crippen LogP contribution in [0.15, 0.2) is 21.5 Å². The molecule has 8 heteroatoms. The van der Waals surface area contributed by atoms with Crippen LogP contribution in [0.25, 0.3) is 0 Å². The van der Waals surface area contributed by atoms with E-state index in [0.717, 1.165) is 64.5 Å². The molecule has 3 N–H and O–H groups in total. The molecule has 1 fully saturated rings. The molecule has 0 saturated carbocycles. The molecule has 2 heterocycles. The average Bonchev–Trinajstić information content (AvgIpc) is 3.11. The fourth-order valence-corrected chi connectivity index (χ4v) is 2.92. The van der Waals surface area contributed by atoms with Crippen LogP contribution in [0.2, 0.25) is 0 Å². The van der Waals surface area contributed by atoms with Crippen LogP contribution in [0.3, 0.4) is 0 Å². The van der Waals surface area contributed by atoms with Crippen molar-refractivity contribution in [1.82, 2.24) is 10.6 Å². The normalized spacial score (nSPS) is 17.6. The van der Waals surface area contributed by atoms with Crippen molar-refractivity contribution >= 4 is 29.9 Å². The lowest BCUT2D eigenvalue weighted by Crippen LogP contribution is -2.39. The van der Waals surface area contributed by atoms with E-state index in [0.29, 0.717) is 17.6 Å². The van der Waals surface area contributed by atoms with Crippen LogP contribution in [0.4, 0.5) is 0 Å². The van der Waals surface area contributed by atoms with Gasteiger partial charge in [-0.2, -0.15) is 0 Å². The molecule has 28 heavy (non-hydrogen) atoms. The number of hydrogen-bond donors (Lipinski definition) is 3. The molecular formula is C20H36IN3O4. The molecule has 1 aromatic heterocycles. The molecule has 1 aliphatic heterocycles. The second-order valence-electron chi connectivity index (χ2n) is 7.29. The zero-order chi connectivity index (χ0) is 19.5. The van der Waals surface area contributed by atoms with Crippen LogP contribution in [0.1, 0.15) is 44.6 Å². The summed E-state index contributed by atoms with van der Waals surface area (Å²) in [7, 11) is 0. The van der Waals surface area contributed by atoms with Gasteiger partial charge < -0.3 is 29.6 Å². The van der Waals surface area contributed by atoms with Gasteiger partial charge in [0.25, 0.3) is 0 Å². The van der Waals surface area contributed by atoms with E-state index < -0.39 is 5.60 Å². The molecule has 1 saturated heterocycles. The zero-order valence-electron chi connectivity index (χ0n) is 17.3. The van der Waals surface area contributed by atoms with Crippen molar-refractivity contribution < 1.29 is 19.0 Å². The molecule has 2 rings (SSSR count). The molecule has 1 aliphatic rings. The molecule has 1 unspecified atom stereocenters. The fraction of sp³-hybridized carbons (Fsp3) is 0.750. The Bertz CT molecular complexity index is 572. The SMILES string of the molecule is CCNC(=NCC(C)(O)c1ccc(C)o1)NCCCOCC1CCOCC1.I. The fourth-order valence-electron chi connectivity index (χ4n) is 2.92. The third-order valence-corrected chi connectivity index (χ3v) is 4.61. The van der Waals surface area contributed by atoms with E-state index in [1.165, 1.54) is 0 Å². The number of aryl methyl sites for hydroxylation is 1. The Hall–Kier alpha value is -0.840. The van der Waals surface area contributed by atoms with Crippen molar-refractivity contribution in [2.45, 2.75) is 45.6 Å². The van der Waals surface area contributed by atoms with E-state index in [1.807, 2.05) is 19.9 Å². The maximum absolute atomic E-state index is 10.6. The molecule has 0 radical (unpaired) electrons. The van der Waals surface area contributed by atoms with Crippen molar-refractivity contribution in [2.24, 2.45) is 10.9 Å². The second-order valence-corrected chi connectivity index (χ2v) is 7.29. The Balaban J connectivity index is 0.00000392. The molecule has 0 aliphatic carbocycles. The van der Waals surface area contributed by atoms with Gasteiger partial charge in [-0.15, -0.1) is 24.0 Å². The first kappa shape index (κ1) is 25.2. The Kier molecular flexibility index (Phi) is 12.1. The number of halogens is 1. The van der Waals surface area contributed by atoms with Gasteiger partial charge in [0, 0.05) is 39.5 Å². The largest absolute Gasteiger partial charge is 0.463 e. The van der Waals surface area contributed by atoms with Crippen LogP contribution in [-0.4, -0.2) is 57.1 Å². The van der Waals surface area contributed by atoms with E-state index in [4.69, 9.17) is 13.9 Å². The number of furan rings is 1. The molecule has 0 aromatic carbocycles. The summed E-state index contributed by atoms with van der Waals surface area (Å²) in [5, 5.41) is 17.1. The predicted octanol–water partition coefficient (Wildman–Crippen LogP) is 2.80. The van der Waals surface area contributed by atoms with Crippen LogP contribution in [0.5, 0.6) is 0 Å². The zero-order valence-corrected chi connectivity index (χ0v) is 19.7. The molecule has 162 valence electrons. The van der Waals surface area contributed by atoms with Crippen LogP contribution < -0.4 is 10.6 Å². The van der Waals surface area contributed by atoms with Crippen LogP contribution in [0, 0.1) is 12.8 Å². The lowest BCUT2D eigenvalue weighted by molar-refractivity contribution is 0.0203. The number of ether oxygens (including phenoxy) is 2. The third-order valence-electron chi connectivity index (χ3n) is 4.61. The number of aliphatic hydroxyl groups is 1. The first-order valence-corrected chi connectivity index (χ1v) is 9.98. The van der Waals surface area contributed by atoms with Gasteiger partial charge in [-0.1, -0.05) is 0 Å². The van der Waals surface area contributed by atoms with Gasteiger partial charge in [-0.25, -0.2) is 4.99 Å². The van der Waals surface area contributed by atoms with Crippen molar-refractivity contribution in [3.63, 3.8) is 0 Å². The number of nitrogens with zero attached hydrogens (tertiary/aromatic N) is 1.